The topological polar surface area (TPSA) is 52.0 Å². The van der Waals surface area contributed by atoms with Crippen molar-refractivity contribution < 1.29 is 13.5 Å². The molecule has 3 aromatic rings. The van der Waals surface area contributed by atoms with Gasteiger partial charge in [0.1, 0.15) is 12.1 Å². The Hall–Kier alpha value is -2.67. The van der Waals surface area contributed by atoms with Crippen LogP contribution < -0.4 is 10.1 Å². The highest BCUT2D eigenvalue weighted by Crippen LogP contribution is 2.41. The number of halogens is 3. The van der Waals surface area contributed by atoms with Crippen molar-refractivity contribution >= 4 is 17.5 Å². The first-order valence-corrected chi connectivity index (χ1v) is 8.86. The van der Waals surface area contributed by atoms with Gasteiger partial charge in [0.25, 0.3) is 0 Å². The molecule has 2 aromatic carbocycles. The largest absolute Gasteiger partial charge is 0.434 e. The molecule has 0 aliphatic carbocycles. The Bertz CT molecular complexity index is 962. The summed E-state index contributed by atoms with van der Waals surface area (Å²) in [7, 11) is 0. The number of nitrogens with zero attached hydrogens (tertiary/aromatic N) is 3. The summed E-state index contributed by atoms with van der Waals surface area (Å²) >= 11 is 5.98. The van der Waals surface area contributed by atoms with Crippen molar-refractivity contribution in [2.75, 3.05) is 5.32 Å². The highest BCUT2D eigenvalue weighted by molar-refractivity contribution is 6.30. The van der Waals surface area contributed by atoms with E-state index in [1.165, 1.54) is 12.4 Å². The first-order valence-electron chi connectivity index (χ1n) is 8.48. The molecule has 27 heavy (non-hydrogen) atoms. The number of aryl methyl sites for hydroxylation is 1. The Labute approximate surface area is 159 Å². The molecule has 1 aromatic heterocycles. The summed E-state index contributed by atoms with van der Waals surface area (Å²) in [4.78, 5) is 4.27. The summed E-state index contributed by atoms with van der Waals surface area (Å²) in [5, 5.41) is 7.94. The molecule has 0 radical (unpaired) electrons. The fourth-order valence-electron chi connectivity index (χ4n) is 3.54. The summed E-state index contributed by atoms with van der Waals surface area (Å²) in [6.07, 6.45) is 2.08. The summed E-state index contributed by atoms with van der Waals surface area (Å²) in [5.74, 6) is 0.643. The Morgan fingerprint density at radius 1 is 1.22 bits per heavy atom. The third kappa shape index (κ3) is 3.47. The third-order valence-electron chi connectivity index (χ3n) is 4.75. The normalized spacial score (nSPS) is 18.9. The van der Waals surface area contributed by atoms with Crippen molar-refractivity contribution in [1.82, 2.24) is 14.8 Å². The van der Waals surface area contributed by atoms with Gasteiger partial charge in [-0.2, -0.15) is 18.9 Å². The molecule has 4 rings (SSSR count). The quantitative estimate of drug-likeness (QED) is 0.682. The van der Waals surface area contributed by atoms with Gasteiger partial charge >= 0.3 is 6.61 Å². The van der Waals surface area contributed by atoms with E-state index in [1.807, 2.05) is 35.9 Å². The molecule has 1 aliphatic rings. The number of alkyl halides is 2. The summed E-state index contributed by atoms with van der Waals surface area (Å²) in [5.41, 5.74) is 2.85. The first-order chi connectivity index (χ1) is 13.0. The molecule has 5 nitrogen and oxygen atoms in total. The van der Waals surface area contributed by atoms with Gasteiger partial charge in [0.05, 0.1) is 12.1 Å². The fraction of sp³-hybridized carbons (Fsp3) is 0.263. The van der Waals surface area contributed by atoms with Crippen LogP contribution in [0.2, 0.25) is 5.02 Å². The maximum Gasteiger partial charge on any atom is 0.387 e. The van der Waals surface area contributed by atoms with Crippen LogP contribution in [-0.2, 0) is 0 Å². The second-order valence-electron chi connectivity index (χ2n) is 6.39. The predicted octanol–water partition coefficient (Wildman–Crippen LogP) is 4.99. The molecular formula is C19H17ClF2N4O. The molecule has 1 aliphatic heterocycles. The molecule has 0 saturated carbocycles. The van der Waals surface area contributed by atoms with Crippen molar-refractivity contribution in [3.63, 3.8) is 0 Å². The molecule has 0 amide bonds. The van der Waals surface area contributed by atoms with Gasteiger partial charge in [0.2, 0.25) is 5.95 Å². The van der Waals surface area contributed by atoms with E-state index in [9.17, 15) is 8.78 Å². The molecule has 0 fully saturated rings. The fourth-order valence-corrected chi connectivity index (χ4v) is 3.70. The van der Waals surface area contributed by atoms with Gasteiger partial charge in [0.15, 0.2) is 0 Å². The number of rotatable bonds is 4. The first kappa shape index (κ1) is 17.7. The molecule has 2 atom stereocenters. The van der Waals surface area contributed by atoms with Gasteiger partial charge in [-0.25, -0.2) is 4.68 Å². The smallest absolute Gasteiger partial charge is 0.387 e. The molecule has 0 unspecified atom stereocenters. The van der Waals surface area contributed by atoms with E-state index in [0.29, 0.717) is 23.0 Å². The molecule has 1 N–H and O–H groups in total. The summed E-state index contributed by atoms with van der Waals surface area (Å²) in [6, 6.07) is 12.5. The van der Waals surface area contributed by atoms with Crippen LogP contribution in [0.3, 0.4) is 0 Å². The average Bonchev–Trinajstić information content (AvgIpc) is 3.10. The van der Waals surface area contributed by atoms with Crippen molar-refractivity contribution in [2.24, 2.45) is 0 Å². The maximum absolute atomic E-state index is 12.9. The van der Waals surface area contributed by atoms with E-state index < -0.39 is 6.61 Å². The van der Waals surface area contributed by atoms with E-state index >= 15 is 0 Å². The molecule has 140 valence electrons. The third-order valence-corrected chi connectivity index (χ3v) is 4.98. The number of ether oxygens (including phenoxy) is 1. The number of fused-ring (bicyclic) bond motifs is 1. The highest BCUT2D eigenvalue weighted by atomic mass is 35.5. The summed E-state index contributed by atoms with van der Waals surface area (Å²) in [6.45, 7) is -0.891. The Balaban J connectivity index is 1.76. The number of benzene rings is 2. The molecule has 8 heteroatoms. The second kappa shape index (κ2) is 7.15. The van der Waals surface area contributed by atoms with Crippen molar-refractivity contribution in [3.05, 3.63) is 70.5 Å². The zero-order chi connectivity index (χ0) is 19.0. The number of hydrogen-bond donors (Lipinski definition) is 1. The second-order valence-corrected chi connectivity index (χ2v) is 6.83. The monoisotopic (exact) mass is 390 g/mol. The molecule has 2 heterocycles. The SMILES string of the molecule is Cc1ccccc1[C@H]1C[C@@H](c2ccc(Cl)cc2OC(F)F)Nc2ncnn21. The zero-order valence-corrected chi connectivity index (χ0v) is 15.2. The van der Waals surface area contributed by atoms with E-state index in [2.05, 4.69) is 15.4 Å². The molecule has 0 saturated heterocycles. The van der Waals surface area contributed by atoms with E-state index in [4.69, 9.17) is 16.3 Å². The predicted molar refractivity (Wildman–Crippen MR) is 98.4 cm³/mol. The van der Waals surface area contributed by atoms with Crippen LogP contribution in [0.4, 0.5) is 14.7 Å². The van der Waals surface area contributed by atoms with Crippen LogP contribution in [0.1, 0.15) is 35.2 Å². The lowest BCUT2D eigenvalue weighted by atomic mass is 9.91. The van der Waals surface area contributed by atoms with E-state index in [-0.39, 0.29) is 17.8 Å². The number of hydrogen-bond acceptors (Lipinski definition) is 4. The lowest BCUT2D eigenvalue weighted by Gasteiger charge is -2.33. The number of anilines is 1. The van der Waals surface area contributed by atoms with Gasteiger partial charge in [-0.05, 0) is 36.6 Å². The Kier molecular flexibility index (Phi) is 4.70. The Morgan fingerprint density at radius 3 is 2.81 bits per heavy atom. The van der Waals surface area contributed by atoms with E-state index in [0.717, 1.165) is 11.1 Å². The minimum absolute atomic E-state index is 0.0616. The minimum atomic E-state index is -2.93. The van der Waals surface area contributed by atoms with Crippen molar-refractivity contribution in [1.29, 1.82) is 0 Å². The van der Waals surface area contributed by atoms with Crippen LogP contribution >= 0.6 is 11.6 Å². The Morgan fingerprint density at radius 2 is 2.04 bits per heavy atom. The lowest BCUT2D eigenvalue weighted by molar-refractivity contribution is -0.0506. The van der Waals surface area contributed by atoms with Crippen molar-refractivity contribution in [3.8, 4) is 5.75 Å². The number of aromatic nitrogens is 3. The van der Waals surface area contributed by atoms with Crippen molar-refractivity contribution in [2.45, 2.75) is 32.0 Å². The van der Waals surface area contributed by atoms with Crippen LogP contribution in [0.25, 0.3) is 0 Å². The van der Waals surface area contributed by atoms with Crippen LogP contribution in [0, 0.1) is 6.92 Å². The molecule has 0 bridgehead atoms. The van der Waals surface area contributed by atoms with Gasteiger partial charge < -0.3 is 10.1 Å². The van der Waals surface area contributed by atoms with Gasteiger partial charge in [0, 0.05) is 10.6 Å². The van der Waals surface area contributed by atoms with Crippen LogP contribution in [0.5, 0.6) is 5.75 Å². The van der Waals surface area contributed by atoms with E-state index in [1.54, 1.807) is 12.1 Å². The molecule has 0 spiro atoms. The van der Waals surface area contributed by atoms with Gasteiger partial charge in [-0.1, -0.05) is 41.9 Å². The van der Waals surface area contributed by atoms with Crippen LogP contribution in [0.15, 0.2) is 48.8 Å². The lowest BCUT2D eigenvalue weighted by Crippen LogP contribution is -2.29. The minimum Gasteiger partial charge on any atom is -0.434 e. The van der Waals surface area contributed by atoms with Gasteiger partial charge in [-0.3, -0.25) is 0 Å². The average molecular weight is 391 g/mol. The zero-order valence-electron chi connectivity index (χ0n) is 14.4. The van der Waals surface area contributed by atoms with Gasteiger partial charge in [-0.15, -0.1) is 0 Å². The van der Waals surface area contributed by atoms with Crippen LogP contribution in [-0.4, -0.2) is 21.4 Å². The number of nitrogens with one attached hydrogen (secondary N) is 1. The highest BCUT2D eigenvalue weighted by Gasteiger charge is 2.32. The standard InChI is InChI=1S/C19H17ClF2N4O/c1-11-4-2-3-5-13(11)16-9-15(25-19-23-10-24-26(16)19)14-7-6-12(20)8-17(14)27-18(21)22/h2-8,10,15-16,18H,9H2,1H3,(H,23,24,25)/t15-,16+/m0/s1. The molecular weight excluding hydrogens is 374 g/mol. The summed E-state index contributed by atoms with van der Waals surface area (Å²) < 4.78 is 32.3. The maximum atomic E-state index is 12.9.